The van der Waals surface area contributed by atoms with Crippen molar-refractivity contribution in [3.05, 3.63) is 23.7 Å². The van der Waals surface area contributed by atoms with Gasteiger partial charge >= 0.3 is 5.97 Å². The maximum Gasteiger partial charge on any atom is 0.371 e. The van der Waals surface area contributed by atoms with Crippen molar-refractivity contribution < 1.29 is 19.1 Å². The number of amides is 1. The van der Waals surface area contributed by atoms with Gasteiger partial charge in [-0.3, -0.25) is 4.79 Å². The molecule has 0 saturated heterocycles. The second-order valence-corrected chi connectivity index (χ2v) is 4.78. The van der Waals surface area contributed by atoms with Crippen molar-refractivity contribution in [1.82, 2.24) is 4.90 Å². The molecule has 1 aromatic rings. The number of aromatic carboxylic acids is 1. The SMILES string of the molecule is CCCN(CCC)C(=O)C(C#N)Cc1ccc(C(=O)O)o1. The number of carboxylic acid groups (broad SMARTS) is 1. The maximum atomic E-state index is 12.3. The fourth-order valence-corrected chi connectivity index (χ4v) is 2.08. The highest BCUT2D eigenvalue weighted by molar-refractivity contribution is 5.84. The predicted molar refractivity (Wildman–Crippen MR) is 75.6 cm³/mol. The molecule has 0 saturated carbocycles. The van der Waals surface area contributed by atoms with Gasteiger partial charge in [-0.25, -0.2) is 4.79 Å². The summed E-state index contributed by atoms with van der Waals surface area (Å²) in [6, 6.07) is 4.80. The van der Waals surface area contributed by atoms with Crippen LogP contribution in [-0.2, 0) is 11.2 Å². The summed E-state index contributed by atoms with van der Waals surface area (Å²) in [5.74, 6) is -2.10. The van der Waals surface area contributed by atoms with E-state index in [1.807, 2.05) is 19.9 Å². The lowest BCUT2D eigenvalue weighted by Gasteiger charge is -2.23. The third-order valence-corrected chi connectivity index (χ3v) is 3.03. The lowest BCUT2D eigenvalue weighted by Crippen LogP contribution is -2.37. The van der Waals surface area contributed by atoms with Gasteiger partial charge in [0.2, 0.25) is 11.7 Å². The van der Waals surface area contributed by atoms with Crippen molar-refractivity contribution in [2.45, 2.75) is 33.1 Å². The van der Waals surface area contributed by atoms with Crippen molar-refractivity contribution in [2.24, 2.45) is 5.92 Å². The molecule has 0 bridgehead atoms. The number of carbonyl (C=O) groups is 2. The Hall–Kier alpha value is -2.29. The number of hydrogen-bond donors (Lipinski definition) is 1. The topological polar surface area (TPSA) is 94.5 Å². The molecule has 6 nitrogen and oxygen atoms in total. The zero-order chi connectivity index (χ0) is 15.8. The van der Waals surface area contributed by atoms with Crippen LogP contribution in [0, 0.1) is 17.2 Å². The summed E-state index contributed by atoms with van der Waals surface area (Å²) in [4.78, 5) is 24.8. The highest BCUT2D eigenvalue weighted by Crippen LogP contribution is 2.15. The van der Waals surface area contributed by atoms with Crippen molar-refractivity contribution in [3.63, 3.8) is 0 Å². The van der Waals surface area contributed by atoms with Gasteiger partial charge in [-0.2, -0.15) is 5.26 Å². The Kier molecular flexibility index (Phi) is 6.47. The van der Waals surface area contributed by atoms with E-state index in [9.17, 15) is 14.9 Å². The molecule has 1 heterocycles. The van der Waals surface area contributed by atoms with Gasteiger partial charge in [-0.1, -0.05) is 13.8 Å². The van der Waals surface area contributed by atoms with Crippen molar-refractivity contribution in [1.29, 1.82) is 5.26 Å². The number of hydrogen-bond acceptors (Lipinski definition) is 4. The molecule has 0 aromatic carbocycles. The van der Waals surface area contributed by atoms with Gasteiger partial charge in [0.25, 0.3) is 0 Å². The summed E-state index contributed by atoms with van der Waals surface area (Å²) in [6.07, 6.45) is 1.74. The number of carboxylic acids is 1. The molecule has 1 aromatic heterocycles. The van der Waals surface area contributed by atoms with Gasteiger partial charge in [0.15, 0.2) is 0 Å². The molecule has 1 N–H and O–H groups in total. The first-order valence-electron chi connectivity index (χ1n) is 7.03. The standard InChI is InChI=1S/C15H20N2O4/c1-3-7-17(8-4-2)14(18)11(10-16)9-12-5-6-13(21-12)15(19)20/h5-6,11H,3-4,7-9H2,1-2H3,(H,19,20). The van der Waals surface area contributed by atoms with Crippen LogP contribution in [0.3, 0.4) is 0 Å². The van der Waals surface area contributed by atoms with Crippen LogP contribution in [0.2, 0.25) is 0 Å². The average Bonchev–Trinajstić information content (AvgIpc) is 2.92. The Morgan fingerprint density at radius 2 is 1.95 bits per heavy atom. The monoisotopic (exact) mass is 292 g/mol. The van der Waals surface area contributed by atoms with Crippen LogP contribution in [0.1, 0.15) is 43.0 Å². The highest BCUT2D eigenvalue weighted by atomic mass is 16.4. The molecule has 1 amide bonds. The zero-order valence-corrected chi connectivity index (χ0v) is 12.3. The van der Waals surface area contributed by atoms with E-state index in [1.165, 1.54) is 12.1 Å². The fraction of sp³-hybridized carbons (Fsp3) is 0.533. The molecule has 1 unspecified atom stereocenters. The Bertz CT molecular complexity index is 524. The predicted octanol–water partition coefficient (Wildman–Crippen LogP) is 2.31. The van der Waals surface area contributed by atoms with Crippen LogP contribution in [0.4, 0.5) is 0 Å². The van der Waals surface area contributed by atoms with Crippen LogP contribution < -0.4 is 0 Å². The molecule has 0 fully saturated rings. The molecular weight excluding hydrogens is 272 g/mol. The van der Waals surface area contributed by atoms with Gasteiger partial charge in [-0.15, -0.1) is 0 Å². The van der Waals surface area contributed by atoms with E-state index < -0.39 is 11.9 Å². The van der Waals surface area contributed by atoms with Gasteiger partial charge in [-0.05, 0) is 25.0 Å². The van der Waals surface area contributed by atoms with Crippen LogP contribution >= 0.6 is 0 Å². The summed E-state index contributed by atoms with van der Waals surface area (Å²) in [5, 5.41) is 18.0. The summed E-state index contributed by atoms with van der Waals surface area (Å²) >= 11 is 0. The minimum atomic E-state index is -1.17. The Labute approximate surface area is 124 Å². The Balaban J connectivity index is 2.78. The first-order valence-corrected chi connectivity index (χ1v) is 7.03. The molecule has 0 aliphatic carbocycles. The molecule has 0 aliphatic heterocycles. The summed E-state index contributed by atoms with van der Waals surface area (Å²) in [5.41, 5.74) is 0. The highest BCUT2D eigenvalue weighted by Gasteiger charge is 2.25. The number of nitriles is 1. The van der Waals surface area contributed by atoms with E-state index in [0.717, 1.165) is 12.8 Å². The molecule has 0 radical (unpaired) electrons. The second kappa shape index (κ2) is 8.10. The maximum absolute atomic E-state index is 12.3. The summed E-state index contributed by atoms with van der Waals surface area (Å²) in [7, 11) is 0. The van der Waals surface area contributed by atoms with E-state index in [1.54, 1.807) is 4.90 Å². The normalized spacial score (nSPS) is 11.7. The molecule has 1 atom stereocenters. The van der Waals surface area contributed by atoms with E-state index in [4.69, 9.17) is 9.52 Å². The van der Waals surface area contributed by atoms with Crippen molar-refractivity contribution in [3.8, 4) is 6.07 Å². The largest absolute Gasteiger partial charge is 0.475 e. The lowest BCUT2D eigenvalue weighted by molar-refractivity contribution is -0.133. The van der Waals surface area contributed by atoms with Crippen molar-refractivity contribution in [2.75, 3.05) is 13.1 Å². The zero-order valence-electron chi connectivity index (χ0n) is 12.3. The molecule has 21 heavy (non-hydrogen) atoms. The quantitative estimate of drug-likeness (QED) is 0.793. The van der Waals surface area contributed by atoms with Gasteiger partial charge < -0.3 is 14.4 Å². The third-order valence-electron chi connectivity index (χ3n) is 3.03. The second-order valence-electron chi connectivity index (χ2n) is 4.78. The van der Waals surface area contributed by atoms with Crippen LogP contribution in [0.15, 0.2) is 16.5 Å². The first kappa shape index (κ1) is 16.8. The first-order chi connectivity index (χ1) is 10.0. The van der Waals surface area contributed by atoms with Crippen LogP contribution in [0.25, 0.3) is 0 Å². The van der Waals surface area contributed by atoms with E-state index >= 15 is 0 Å². The van der Waals surface area contributed by atoms with E-state index in [2.05, 4.69) is 0 Å². The molecule has 114 valence electrons. The molecule has 6 heteroatoms. The average molecular weight is 292 g/mol. The van der Waals surface area contributed by atoms with Gasteiger partial charge in [0.1, 0.15) is 11.7 Å². The third kappa shape index (κ3) is 4.63. The molecular formula is C15H20N2O4. The number of nitrogens with zero attached hydrogens (tertiary/aromatic N) is 2. The number of rotatable bonds is 8. The van der Waals surface area contributed by atoms with E-state index in [-0.39, 0.29) is 18.1 Å². The number of furan rings is 1. The molecule has 1 rings (SSSR count). The minimum absolute atomic E-state index is 0.0898. The van der Waals surface area contributed by atoms with Crippen molar-refractivity contribution >= 4 is 11.9 Å². The number of carbonyl (C=O) groups excluding carboxylic acids is 1. The Morgan fingerprint density at radius 3 is 2.38 bits per heavy atom. The van der Waals surface area contributed by atoms with E-state index in [0.29, 0.717) is 18.8 Å². The molecule has 0 aliphatic rings. The van der Waals surface area contributed by atoms with Gasteiger partial charge in [0, 0.05) is 19.5 Å². The summed E-state index contributed by atoms with van der Waals surface area (Å²) in [6.45, 7) is 5.18. The fourth-order valence-electron chi connectivity index (χ4n) is 2.08. The molecule has 0 spiro atoms. The minimum Gasteiger partial charge on any atom is -0.475 e. The smallest absolute Gasteiger partial charge is 0.371 e. The van der Waals surface area contributed by atoms with Crippen LogP contribution in [0.5, 0.6) is 0 Å². The van der Waals surface area contributed by atoms with Crippen LogP contribution in [-0.4, -0.2) is 35.0 Å². The lowest BCUT2D eigenvalue weighted by atomic mass is 10.0. The van der Waals surface area contributed by atoms with Gasteiger partial charge in [0.05, 0.1) is 6.07 Å². The Morgan fingerprint density at radius 1 is 1.33 bits per heavy atom. The summed E-state index contributed by atoms with van der Waals surface area (Å²) < 4.78 is 5.11.